The number of rotatable bonds is 5. The summed E-state index contributed by atoms with van der Waals surface area (Å²) in [5.41, 5.74) is 1.16. The van der Waals surface area contributed by atoms with Crippen molar-refractivity contribution in [2.45, 2.75) is 50.8 Å². The third-order valence-electron chi connectivity index (χ3n) is 4.11. The smallest absolute Gasteiger partial charge is 0.185 e. The van der Waals surface area contributed by atoms with Gasteiger partial charge >= 0.3 is 0 Å². The van der Waals surface area contributed by atoms with Crippen LogP contribution in [-0.2, 0) is 11.3 Å². The molecule has 0 amide bonds. The van der Waals surface area contributed by atoms with Crippen molar-refractivity contribution in [2.24, 2.45) is 0 Å². The first-order valence-electron chi connectivity index (χ1n) is 7.16. The second-order valence-corrected chi connectivity index (χ2v) is 6.79. The fraction of sp³-hybridized carbons (Fsp3) is 0.786. The molecule has 1 unspecified atom stereocenters. The van der Waals surface area contributed by atoms with Crippen LogP contribution in [0.15, 0.2) is 5.38 Å². The molecule has 0 aromatic carbocycles. The number of nitrogens with one attached hydrogen (secondary N) is 1. The molecule has 2 fully saturated rings. The van der Waals surface area contributed by atoms with Gasteiger partial charge in [0, 0.05) is 38.2 Å². The van der Waals surface area contributed by atoms with Crippen molar-refractivity contribution in [2.75, 3.05) is 25.1 Å². The van der Waals surface area contributed by atoms with Gasteiger partial charge < -0.3 is 15.0 Å². The van der Waals surface area contributed by atoms with Gasteiger partial charge in [-0.2, -0.15) is 0 Å². The lowest BCUT2D eigenvalue weighted by atomic mass is 9.95. The predicted molar refractivity (Wildman–Crippen MR) is 78.8 cm³/mol. The molecule has 0 bridgehead atoms. The normalized spacial score (nSPS) is 27.8. The minimum Gasteiger partial charge on any atom is -0.377 e. The number of piperidine rings is 1. The molecule has 1 aliphatic carbocycles. The van der Waals surface area contributed by atoms with Gasteiger partial charge in [0.15, 0.2) is 5.13 Å². The van der Waals surface area contributed by atoms with E-state index in [9.17, 15) is 0 Å². The topological polar surface area (TPSA) is 37.4 Å². The largest absolute Gasteiger partial charge is 0.377 e. The number of anilines is 1. The van der Waals surface area contributed by atoms with Crippen LogP contribution >= 0.6 is 11.3 Å². The van der Waals surface area contributed by atoms with Crippen LogP contribution in [0.3, 0.4) is 0 Å². The Morgan fingerprint density at radius 3 is 3.16 bits per heavy atom. The van der Waals surface area contributed by atoms with E-state index in [1.54, 1.807) is 11.3 Å². The molecule has 1 aliphatic heterocycles. The summed E-state index contributed by atoms with van der Waals surface area (Å²) in [5, 5.41) is 6.85. The Bertz CT molecular complexity index is 432. The first kappa shape index (κ1) is 13.3. The number of thiazole rings is 1. The zero-order valence-corrected chi connectivity index (χ0v) is 12.6. The highest BCUT2D eigenvalue weighted by molar-refractivity contribution is 7.13. The summed E-state index contributed by atoms with van der Waals surface area (Å²) in [6, 6.07) is 0.747. The highest BCUT2D eigenvalue weighted by Crippen LogP contribution is 2.30. The Hall–Kier alpha value is -0.650. The first-order valence-corrected chi connectivity index (χ1v) is 8.04. The van der Waals surface area contributed by atoms with Gasteiger partial charge in [-0.1, -0.05) is 0 Å². The maximum atomic E-state index is 5.65. The summed E-state index contributed by atoms with van der Waals surface area (Å²) in [6.45, 7) is 5.16. The molecule has 5 heteroatoms. The second-order valence-electron chi connectivity index (χ2n) is 5.96. The van der Waals surface area contributed by atoms with Crippen LogP contribution in [0, 0.1) is 0 Å². The minimum absolute atomic E-state index is 0.0175. The first-order chi connectivity index (χ1) is 9.18. The van der Waals surface area contributed by atoms with Crippen LogP contribution in [0.5, 0.6) is 0 Å². The molecule has 2 heterocycles. The van der Waals surface area contributed by atoms with Crippen LogP contribution in [0.1, 0.15) is 38.3 Å². The molecule has 106 valence electrons. The Balaban J connectivity index is 1.61. The third-order valence-corrected chi connectivity index (χ3v) is 5.06. The van der Waals surface area contributed by atoms with Crippen molar-refractivity contribution >= 4 is 16.5 Å². The molecule has 2 aliphatic rings. The molecular weight excluding hydrogens is 258 g/mol. The third kappa shape index (κ3) is 3.27. The van der Waals surface area contributed by atoms with E-state index < -0.39 is 0 Å². The fourth-order valence-corrected chi connectivity index (χ4v) is 3.45. The Kier molecular flexibility index (Phi) is 3.78. The molecule has 1 N–H and O–H groups in total. The SMILES string of the molecule is COC1(C)CCCN(c2nc(CNC3CC3)cs2)C1. The number of hydrogen-bond donors (Lipinski definition) is 1. The summed E-state index contributed by atoms with van der Waals surface area (Å²) in [6.07, 6.45) is 4.98. The Morgan fingerprint density at radius 1 is 1.58 bits per heavy atom. The van der Waals surface area contributed by atoms with E-state index in [4.69, 9.17) is 9.72 Å². The second kappa shape index (κ2) is 5.38. The average molecular weight is 281 g/mol. The average Bonchev–Trinajstić information content (AvgIpc) is 3.13. The molecule has 1 saturated carbocycles. The number of methoxy groups -OCH3 is 1. The fourth-order valence-electron chi connectivity index (χ4n) is 2.59. The van der Waals surface area contributed by atoms with E-state index in [1.807, 2.05) is 7.11 Å². The van der Waals surface area contributed by atoms with E-state index in [0.29, 0.717) is 0 Å². The molecule has 1 aromatic heterocycles. The molecule has 3 rings (SSSR count). The summed E-state index contributed by atoms with van der Waals surface area (Å²) in [4.78, 5) is 7.13. The number of nitrogens with zero attached hydrogens (tertiary/aromatic N) is 2. The molecule has 4 nitrogen and oxygen atoms in total. The van der Waals surface area contributed by atoms with Crippen LogP contribution < -0.4 is 10.2 Å². The number of hydrogen-bond acceptors (Lipinski definition) is 5. The van der Waals surface area contributed by atoms with Crippen molar-refractivity contribution in [3.8, 4) is 0 Å². The lowest BCUT2D eigenvalue weighted by Gasteiger charge is -2.39. The van der Waals surface area contributed by atoms with E-state index in [-0.39, 0.29) is 5.60 Å². The number of aromatic nitrogens is 1. The molecule has 1 atom stereocenters. The highest BCUT2D eigenvalue weighted by atomic mass is 32.1. The van der Waals surface area contributed by atoms with Crippen LogP contribution in [0.4, 0.5) is 5.13 Å². The molecule has 19 heavy (non-hydrogen) atoms. The highest BCUT2D eigenvalue weighted by Gasteiger charge is 2.32. The maximum absolute atomic E-state index is 5.65. The summed E-state index contributed by atoms with van der Waals surface area (Å²) in [7, 11) is 1.82. The van der Waals surface area contributed by atoms with Crippen LogP contribution in [0.25, 0.3) is 0 Å². The van der Waals surface area contributed by atoms with E-state index >= 15 is 0 Å². The van der Waals surface area contributed by atoms with Gasteiger partial charge in [-0.25, -0.2) is 4.98 Å². The van der Waals surface area contributed by atoms with Crippen molar-refractivity contribution in [1.29, 1.82) is 0 Å². The van der Waals surface area contributed by atoms with E-state index in [2.05, 4.69) is 22.5 Å². The van der Waals surface area contributed by atoms with Crippen molar-refractivity contribution in [3.63, 3.8) is 0 Å². The molecule has 1 saturated heterocycles. The van der Waals surface area contributed by atoms with Crippen molar-refractivity contribution in [1.82, 2.24) is 10.3 Å². The van der Waals surface area contributed by atoms with Gasteiger partial charge in [0.1, 0.15) is 0 Å². The van der Waals surface area contributed by atoms with Gasteiger partial charge in [-0.3, -0.25) is 0 Å². The lowest BCUT2D eigenvalue weighted by Crippen LogP contribution is -2.47. The molecule has 0 spiro atoms. The maximum Gasteiger partial charge on any atom is 0.185 e. The summed E-state index contributed by atoms with van der Waals surface area (Å²) < 4.78 is 5.65. The molecular formula is C14H23N3OS. The van der Waals surface area contributed by atoms with Crippen LogP contribution in [0.2, 0.25) is 0 Å². The van der Waals surface area contributed by atoms with Gasteiger partial charge in [0.25, 0.3) is 0 Å². The quantitative estimate of drug-likeness (QED) is 0.899. The monoisotopic (exact) mass is 281 g/mol. The minimum atomic E-state index is -0.0175. The van der Waals surface area contributed by atoms with Crippen molar-refractivity contribution < 1.29 is 4.74 Å². The van der Waals surface area contributed by atoms with Gasteiger partial charge in [0.05, 0.1) is 11.3 Å². The zero-order chi connectivity index (χ0) is 13.3. The Labute approximate surface area is 119 Å². The molecule has 1 aromatic rings. The van der Waals surface area contributed by atoms with Gasteiger partial charge in [-0.05, 0) is 32.6 Å². The Morgan fingerprint density at radius 2 is 2.42 bits per heavy atom. The van der Waals surface area contributed by atoms with Crippen LogP contribution in [-0.4, -0.2) is 36.8 Å². The molecule has 0 radical (unpaired) electrons. The number of ether oxygens (including phenoxy) is 1. The van der Waals surface area contributed by atoms with Gasteiger partial charge in [-0.15, -0.1) is 11.3 Å². The predicted octanol–water partition coefficient (Wildman–Crippen LogP) is 2.40. The van der Waals surface area contributed by atoms with Crippen molar-refractivity contribution in [3.05, 3.63) is 11.1 Å². The van der Waals surface area contributed by atoms with E-state index in [1.165, 1.54) is 25.0 Å². The summed E-state index contributed by atoms with van der Waals surface area (Å²) in [5.74, 6) is 0. The lowest BCUT2D eigenvalue weighted by molar-refractivity contribution is -0.00466. The van der Waals surface area contributed by atoms with Gasteiger partial charge in [0.2, 0.25) is 0 Å². The zero-order valence-electron chi connectivity index (χ0n) is 11.8. The standard InChI is InChI=1S/C14H23N3OS/c1-14(18-2)6-3-7-17(10-14)13-16-12(9-19-13)8-15-11-4-5-11/h9,11,15H,3-8,10H2,1-2H3. The van der Waals surface area contributed by atoms with E-state index in [0.717, 1.165) is 37.2 Å². The summed E-state index contributed by atoms with van der Waals surface area (Å²) >= 11 is 1.76.